The molecule has 2 aromatic heterocycles. The van der Waals surface area contributed by atoms with E-state index in [2.05, 4.69) is 40.0 Å². The molecule has 0 spiro atoms. The van der Waals surface area contributed by atoms with Crippen LogP contribution in [0.1, 0.15) is 37.2 Å². The number of nitrogens with zero attached hydrogens (tertiary/aromatic N) is 3. The van der Waals surface area contributed by atoms with Crippen LogP contribution >= 0.6 is 11.3 Å². The van der Waals surface area contributed by atoms with E-state index >= 15 is 0 Å². The van der Waals surface area contributed by atoms with Crippen molar-refractivity contribution in [1.82, 2.24) is 15.2 Å². The van der Waals surface area contributed by atoms with Crippen molar-refractivity contribution in [2.45, 2.75) is 32.7 Å². The fourth-order valence-electron chi connectivity index (χ4n) is 4.16. The monoisotopic (exact) mass is 358 g/mol. The first-order chi connectivity index (χ1) is 12.2. The molecule has 3 atom stereocenters. The zero-order chi connectivity index (χ0) is 17.4. The lowest BCUT2D eigenvalue weighted by Crippen LogP contribution is -2.47. The summed E-state index contributed by atoms with van der Waals surface area (Å²) in [5, 5.41) is 5.57. The molecule has 1 amide bonds. The van der Waals surface area contributed by atoms with E-state index in [0.29, 0.717) is 5.69 Å². The first-order valence-corrected chi connectivity index (χ1v) is 10.2. The number of fused-ring (bicyclic) bond motifs is 3. The maximum absolute atomic E-state index is 12.6. The van der Waals surface area contributed by atoms with Crippen molar-refractivity contribution in [3.8, 4) is 0 Å². The largest absolute Gasteiger partial charge is 0.364 e. The predicted molar refractivity (Wildman–Crippen MR) is 104 cm³/mol. The van der Waals surface area contributed by atoms with Crippen LogP contribution in [0.4, 0.5) is 5.00 Å². The van der Waals surface area contributed by atoms with Gasteiger partial charge in [-0.2, -0.15) is 0 Å². The lowest BCUT2D eigenvalue weighted by molar-refractivity contribution is 0.0904. The van der Waals surface area contributed by atoms with Gasteiger partial charge >= 0.3 is 0 Å². The minimum Gasteiger partial charge on any atom is -0.364 e. The summed E-state index contributed by atoms with van der Waals surface area (Å²) in [4.78, 5) is 21.9. The summed E-state index contributed by atoms with van der Waals surface area (Å²) in [6, 6.07) is 4.38. The summed E-state index contributed by atoms with van der Waals surface area (Å²) in [6.07, 6.45) is 4.22. The second kappa shape index (κ2) is 6.92. The van der Waals surface area contributed by atoms with E-state index < -0.39 is 0 Å². The Labute approximate surface area is 153 Å². The van der Waals surface area contributed by atoms with Crippen molar-refractivity contribution >= 4 is 32.3 Å². The van der Waals surface area contributed by atoms with Gasteiger partial charge in [0.1, 0.15) is 5.69 Å². The first-order valence-electron chi connectivity index (χ1n) is 9.34. The lowest BCUT2D eigenvalue weighted by atomic mass is 9.97. The number of carbonyl (C=O) groups is 1. The molecule has 2 aromatic rings. The molecular weight excluding hydrogens is 332 g/mol. The summed E-state index contributed by atoms with van der Waals surface area (Å²) < 4.78 is 1.13. The fourth-order valence-corrected chi connectivity index (χ4v) is 5.36. The van der Waals surface area contributed by atoms with Crippen LogP contribution in [0.3, 0.4) is 0 Å². The molecule has 2 bridgehead atoms. The number of piperidine rings is 1. The third-order valence-electron chi connectivity index (χ3n) is 5.50. The van der Waals surface area contributed by atoms with Crippen molar-refractivity contribution in [2.24, 2.45) is 5.92 Å². The van der Waals surface area contributed by atoms with Gasteiger partial charge in [-0.1, -0.05) is 0 Å². The Morgan fingerprint density at radius 2 is 2.20 bits per heavy atom. The third kappa shape index (κ3) is 3.37. The Morgan fingerprint density at radius 3 is 2.96 bits per heavy atom. The molecule has 2 aliphatic heterocycles. The molecule has 0 aliphatic carbocycles. The van der Waals surface area contributed by atoms with Crippen molar-refractivity contribution in [3.05, 3.63) is 24.0 Å². The molecule has 0 aromatic carbocycles. The molecule has 0 radical (unpaired) electrons. The maximum atomic E-state index is 12.6. The number of rotatable bonds is 5. The molecule has 4 rings (SSSR count). The molecular formula is C19H26N4OS. The minimum absolute atomic E-state index is 0.0350. The molecule has 25 heavy (non-hydrogen) atoms. The molecule has 4 heterocycles. The van der Waals surface area contributed by atoms with E-state index in [1.165, 1.54) is 24.5 Å². The normalized spacial score (nSPS) is 25.3. The summed E-state index contributed by atoms with van der Waals surface area (Å²) >= 11 is 1.74. The second-order valence-corrected chi connectivity index (χ2v) is 8.25. The zero-order valence-corrected chi connectivity index (χ0v) is 15.8. The van der Waals surface area contributed by atoms with Gasteiger partial charge in [0.05, 0.1) is 5.00 Å². The van der Waals surface area contributed by atoms with E-state index in [9.17, 15) is 4.79 Å². The SMILES string of the molecule is CCN(CC)c1cc2cnc(C(=O)NC3CC4CCN(C4)C3)cc2s1. The van der Waals surface area contributed by atoms with Crippen molar-refractivity contribution in [2.75, 3.05) is 37.6 Å². The predicted octanol–water partition coefficient (Wildman–Crippen LogP) is 2.97. The van der Waals surface area contributed by atoms with Crippen molar-refractivity contribution < 1.29 is 4.79 Å². The Bertz CT molecular complexity index is 758. The van der Waals surface area contributed by atoms with E-state index in [1.807, 2.05) is 12.3 Å². The molecule has 1 N–H and O–H groups in total. The number of amides is 1. The highest BCUT2D eigenvalue weighted by atomic mass is 32.1. The van der Waals surface area contributed by atoms with Gasteiger partial charge in [-0.3, -0.25) is 9.78 Å². The number of hydrogen-bond donors (Lipinski definition) is 1. The standard InChI is InChI=1S/C19H26N4OS/c1-3-23(4-2)18-8-14-10-20-16(9-17(14)25-18)19(24)21-15-7-13-5-6-22(11-13)12-15/h8-10,13,15H,3-7,11-12H2,1-2H3,(H,21,24). The average Bonchev–Trinajstić information content (AvgIpc) is 3.18. The van der Waals surface area contributed by atoms with Crippen LogP contribution < -0.4 is 10.2 Å². The van der Waals surface area contributed by atoms with Crippen LogP contribution in [-0.4, -0.2) is 54.6 Å². The summed E-state index contributed by atoms with van der Waals surface area (Å²) in [6.45, 7) is 9.68. The number of hydrogen-bond acceptors (Lipinski definition) is 5. The summed E-state index contributed by atoms with van der Waals surface area (Å²) in [7, 11) is 0. The topological polar surface area (TPSA) is 48.5 Å². The lowest BCUT2D eigenvalue weighted by Gasteiger charge is -2.30. The molecule has 0 saturated carbocycles. The Balaban J connectivity index is 1.49. The molecule has 3 unspecified atom stereocenters. The smallest absolute Gasteiger partial charge is 0.270 e. The molecule has 2 fully saturated rings. The third-order valence-corrected chi connectivity index (χ3v) is 6.66. The highest BCUT2D eigenvalue weighted by Gasteiger charge is 2.33. The maximum Gasteiger partial charge on any atom is 0.270 e. The second-order valence-electron chi connectivity index (χ2n) is 7.18. The van der Waals surface area contributed by atoms with E-state index in [1.54, 1.807) is 11.3 Å². The van der Waals surface area contributed by atoms with Gasteiger partial charge in [-0.05, 0) is 51.3 Å². The number of pyridine rings is 1. The van der Waals surface area contributed by atoms with Gasteiger partial charge in [-0.15, -0.1) is 11.3 Å². The van der Waals surface area contributed by atoms with Crippen LogP contribution in [0.5, 0.6) is 0 Å². The summed E-state index contributed by atoms with van der Waals surface area (Å²) in [5.41, 5.74) is 0.536. The molecule has 2 aliphatic rings. The Morgan fingerprint density at radius 1 is 1.36 bits per heavy atom. The van der Waals surface area contributed by atoms with Crippen molar-refractivity contribution in [3.63, 3.8) is 0 Å². The molecule has 6 heteroatoms. The first kappa shape index (κ1) is 16.8. The fraction of sp³-hybridized carbons (Fsp3) is 0.579. The average molecular weight is 359 g/mol. The quantitative estimate of drug-likeness (QED) is 0.893. The Hall–Kier alpha value is -1.66. The van der Waals surface area contributed by atoms with Gasteiger partial charge in [-0.25, -0.2) is 0 Å². The highest BCUT2D eigenvalue weighted by molar-refractivity contribution is 7.22. The van der Waals surface area contributed by atoms with Gasteiger partial charge < -0.3 is 15.1 Å². The van der Waals surface area contributed by atoms with Crippen LogP contribution in [0.25, 0.3) is 10.1 Å². The van der Waals surface area contributed by atoms with Crippen LogP contribution in [0.2, 0.25) is 0 Å². The molecule has 2 saturated heterocycles. The zero-order valence-electron chi connectivity index (χ0n) is 15.0. The number of aromatic nitrogens is 1. The number of thiophene rings is 1. The molecule has 5 nitrogen and oxygen atoms in total. The van der Waals surface area contributed by atoms with Crippen LogP contribution in [0.15, 0.2) is 18.3 Å². The van der Waals surface area contributed by atoms with Gasteiger partial charge in [0.15, 0.2) is 0 Å². The van der Waals surface area contributed by atoms with Gasteiger partial charge in [0.2, 0.25) is 0 Å². The van der Waals surface area contributed by atoms with Crippen molar-refractivity contribution in [1.29, 1.82) is 0 Å². The summed E-state index contributed by atoms with van der Waals surface area (Å²) in [5.74, 6) is 0.718. The Kier molecular flexibility index (Phi) is 4.65. The van der Waals surface area contributed by atoms with E-state index in [4.69, 9.17) is 0 Å². The van der Waals surface area contributed by atoms with Gasteiger partial charge in [0.25, 0.3) is 5.91 Å². The number of carbonyl (C=O) groups excluding carboxylic acids is 1. The van der Waals surface area contributed by atoms with Crippen LogP contribution in [0, 0.1) is 5.92 Å². The van der Waals surface area contributed by atoms with E-state index in [-0.39, 0.29) is 11.9 Å². The number of nitrogens with one attached hydrogen (secondary N) is 1. The number of anilines is 1. The van der Waals surface area contributed by atoms with E-state index in [0.717, 1.165) is 42.1 Å². The highest BCUT2D eigenvalue weighted by Crippen LogP contribution is 2.32. The minimum atomic E-state index is -0.0350. The van der Waals surface area contributed by atoms with Crippen LogP contribution in [-0.2, 0) is 0 Å². The van der Waals surface area contributed by atoms with Gasteiger partial charge in [0, 0.05) is 48.5 Å². The molecule has 134 valence electrons.